The molecule has 8 nitrogen and oxygen atoms in total. The van der Waals surface area contributed by atoms with Crippen LogP contribution in [0.2, 0.25) is 0 Å². The number of aromatic nitrogens is 5. The zero-order chi connectivity index (χ0) is 24.4. The smallest absolute Gasteiger partial charge is 0.191 e. The van der Waals surface area contributed by atoms with E-state index in [4.69, 9.17) is 9.84 Å². The lowest BCUT2D eigenvalue weighted by molar-refractivity contribution is 0.0660. The molecule has 2 aromatic carbocycles. The van der Waals surface area contributed by atoms with Gasteiger partial charge in [0.05, 0.1) is 36.5 Å². The number of halogens is 2. The molecule has 3 heterocycles. The second kappa shape index (κ2) is 9.61. The second-order valence-corrected chi connectivity index (χ2v) is 7.82. The Morgan fingerprint density at radius 3 is 2.74 bits per heavy atom. The van der Waals surface area contributed by atoms with Gasteiger partial charge >= 0.3 is 0 Å². The number of hydrogen-bond donors (Lipinski definition) is 1. The predicted octanol–water partition coefficient (Wildman–Crippen LogP) is 3.56. The standard InChI is InChI=1S/C25H19F2N5O3/c26-19-12-23-15(2-1-7-28-23)10-17(19)13-32-25-22(30-31-32)6-5-21(29-25)16-3-4-18(20(27)11-16)24(34)14-35-9-8-33/h1-7,10-12,33H,8-9,13-14H2. The minimum absolute atomic E-state index is 0.00289. The average molecular weight is 475 g/mol. The van der Waals surface area contributed by atoms with E-state index in [1.807, 2.05) is 6.07 Å². The Morgan fingerprint density at radius 1 is 1.03 bits per heavy atom. The van der Waals surface area contributed by atoms with Crippen LogP contribution in [0.4, 0.5) is 8.78 Å². The van der Waals surface area contributed by atoms with Gasteiger partial charge in [0.15, 0.2) is 11.4 Å². The number of aliphatic hydroxyl groups is 1. The van der Waals surface area contributed by atoms with Crippen molar-refractivity contribution in [2.75, 3.05) is 19.8 Å². The SMILES string of the molecule is O=C(COCCO)c1ccc(-c2ccc3nnn(Cc4cc5cccnc5cc4F)c3n2)cc1F. The van der Waals surface area contributed by atoms with Crippen LogP contribution < -0.4 is 0 Å². The number of nitrogens with zero attached hydrogens (tertiary/aromatic N) is 5. The summed E-state index contributed by atoms with van der Waals surface area (Å²) < 4.78 is 35.8. The molecule has 176 valence electrons. The number of benzene rings is 2. The summed E-state index contributed by atoms with van der Waals surface area (Å²) in [4.78, 5) is 20.9. The Bertz CT molecular complexity index is 1550. The van der Waals surface area contributed by atoms with Crippen molar-refractivity contribution in [2.24, 2.45) is 0 Å². The first kappa shape index (κ1) is 22.6. The van der Waals surface area contributed by atoms with Gasteiger partial charge in [0.1, 0.15) is 23.8 Å². The van der Waals surface area contributed by atoms with Gasteiger partial charge in [-0.05, 0) is 36.4 Å². The van der Waals surface area contributed by atoms with Crippen LogP contribution >= 0.6 is 0 Å². The van der Waals surface area contributed by atoms with Gasteiger partial charge in [-0.3, -0.25) is 9.78 Å². The Kier molecular flexibility index (Phi) is 6.21. The third-order valence-electron chi connectivity index (χ3n) is 5.48. The molecule has 35 heavy (non-hydrogen) atoms. The Labute approximate surface area is 197 Å². The molecule has 0 atom stereocenters. The van der Waals surface area contributed by atoms with E-state index in [0.29, 0.717) is 33.5 Å². The first-order chi connectivity index (χ1) is 17.0. The minimum Gasteiger partial charge on any atom is -0.394 e. The third-order valence-corrected chi connectivity index (χ3v) is 5.48. The molecule has 0 spiro atoms. The molecular formula is C25H19F2N5O3. The number of hydrogen-bond acceptors (Lipinski definition) is 7. The number of aliphatic hydroxyl groups excluding tert-OH is 1. The fourth-order valence-corrected chi connectivity index (χ4v) is 3.75. The molecule has 0 radical (unpaired) electrons. The van der Waals surface area contributed by atoms with Crippen molar-refractivity contribution in [1.29, 1.82) is 0 Å². The molecule has 0 amide bonds. The maximum Gasteiger partial charge on any atom is 0.191 e. The van der Waals surface area contributed by atoms with E-state index in [1.54, 1.807) is 36.5 Å². The highest BCUT2D eigenvalue weighted by Gasteiger charge is 2.16. The van der Waals surface area contributed by atoms with E-state index in [1.165, 1.54) is 22.9 Å². The fraction of sp³-hybridized carbons (Fsp3) is 0.160. The van der Waals surface area contributed by atoms with Crippen LogP contribution in [0.3, 0.4) is 0 Å². The van der Waals surface area contributed by atoms with E-state index in [0.717, 1.165) is 5.39 Å². The molecule has 0 saturated heterocycles. The Balaban J connectivity index is 1.44. The number of Topliss-reactive ketones (excluding diaryl/α,β-unsaturated/α-hetero) is 1. The summed E-state index contributed by atoms with van der Waals surface area (Å²) in [5, 5.41) is 17.7. The highest BCUT2D eigenvalue weighted by molar-refractivity contribution is 5.97. The fourth-order valence-electron chi connectivity index (χ4n) is 3.75. The quantitative estimate of drug-likeness (QED) is 0.270. The summed E-state index contributed by atoms with van der Waals surface area (Å²) in [5.74, 6) is -1.65. The van der Waals surface area contributed by atoms with Gasteiger partial charge in [0.2, 0.25) is 0 Å². The Morgan fingerprint density at radius 2 is 1.91 bits per heavy atom. The van der Waals surface area contributed by atoms with Crippen molar-refractivity contribution in [3.05, 3.63) is 83.6 Å². The molecule has 0 saturated carbocycles. The van der Waals surface area contributed by atoms with Gasteiger partial charge in [-0.15, -0.1) is 5.10 Å². The third kappa shape index (κ3) is 4.61. The zero-order valence-electron chi connectivity index (χ0n) is 18.4. The first-order valence-electron chi connectivity index (χ1n) is 10.8. The van der Waals surface area contributed by atoms with Crippen LogP contribution in [0.15, 0.2) is 60.8 Å². The number of fused-ring (bicyclic) bond motifs is 2. The topological polar surface area (TPSA) is 103 Å². The lowest BCUT2D eigenvalue weighted by Gasteiger charge is -2.08. The first-order valence-corrected chi connectivity index (χ1v) is 10.8. The molecule has 5 aromatic rings. The second-order valence-electron chi connectivity index (χ2n) is 7.82. The molecule has 5 rings (SSSR count). The van der Waals surface area contributed by atoms with Crippen LogP contribution in [0.1, 0.15) is 15.9 Å². The zero-order valence-corrected chi connectivity index (χ0v) is 18.4. The lowest BCUT2D eigenvalue weighted by Crippen LogP contribution is -2.13. The number of ketones is 1. The van der Waals surface area contributed by atoms with Crippen molar-refractivity contribution in [3.63, 3.8) is 0 Å². The van der Waals surface area contributed by atoms with Crippen molar-refractivity contribution < 1.29 is 23.4 Å². The number of pyridine rings is 2. The van der Waals surface area contributed by atoms with Crippen LogP contribution in [-0.2, 0) is 11.3 Å². The van der Waals surface area contributed by atoms with Gasteiger partial charge in [-0.1, -0.05) is 17.3 Å². The predicted molar refractivity (Wildman–Crippen MR) is 124 cm³/mol. The van der Waals surface area contributed by atoms with Gasteiger partial charge < -0.3 is 9.84 Å². The van der Waals surface area contributed by atoms with E-state index in [-0.39, 0.29) is 31.9 Å². The molecule has 0 aliphatic rings. The summed E-state index contributed by atoms with van der Waals surface area (Å²) in [6.07, 6.45) is 1.61. The van der Waals surface area contributed by atoms with Crippen LogP contribution in [-0.4, -0.2) is 55.7 Å². The van der Waals surface area contributed by atoms with Crippen molar-refractivity contribution >= 4 is 27.9 Å². The molecule has 0 bridgehead atoms. The molecule has 1 N–H and O–H groups in total. The van der Waals surface area contributed by atoms with E-state index in [2.05, 4.69) is 20.3 Å². The maximum atomic E-state index is 14.7. The lowest BCUT2D eigenvalue weighted by atomic mass is 10.1. The van der Waals surface area contributed by atoms with Gasteiger partial charge in [-0.2, -0.15) is 0 Å². The number of carbonyl (C=O) groups excluding carboxylic acids is 1. The van der Waals surface area contributed by atoms with Crippen molar-refractivity contribution in [3.8, 4) is 11.3 Å². The molecular weight excluding hydrogens is 456 g/mol. The number of carbonyl (C=O) groups is 1. The normalized spacial score (nSPS) is 11.4. The minimum atomic E-state index is -0.708. The molecule has 0 fully saturated rings. The van der Waals surface area contributed by atoms with Crippen LogP contribution in [0.5, 0.6) is 0 Å². The van der Waals surface area contributed by atoms with Crippen LogP contribution in [0, 0.1) is 11.6 Å². The number of rotatable bonds is 8. The maximum absolute atomic E-state index is 14.7. The van der Waals surface area contributed by atoms with Gasteiger partial charge in [0.25, 0.3) is 0 Å². The Hall–Kier alpha value is -4.15. The summed E-state index contributed by atoms with van der Waals surface area (Å²) in [5.41, 5.74) is 2.66. The monoisotopic (exact) mass is 475 g/mol. The highest BCUT2D eigenvalue weighted by Crippen LogP contribution is 2.24. The van der Waals surface area contributed by atoms with Crippen molar-refractivity contribution in [2.45, 2.75) is 6.54 Å². The summed E-state index contributed by atoms with van der Waals surface area (Å²) >= 11 is 0. The van der Waals surface area contributed by atoms with E-state index in [9.17, 15) is 13.6 Å². The average Bonchev–Trinajstić information content (AvgIpc) is 3.26. The summed E-state index contributed by atoms with van der Waals surface area (Å²) in [6, 6.07) is 14.3. The largest absolute Gasteiger partial charge is 0.394 e. The van der Waals surface area contributed by atoms with Gasteiger partial charge in [-0.25, -0.2) is 18.4 Å². The van der Waals surface area contributed by atoms with Gasteiger partial charge in [0, 0.05) is 28.8 Å². The molecule has 10 heteroatoms. The molecule has 0 aliphatic heterocycles. The van der Waals surface area contributed by atoms with E-state index < -0.39 is 17.4 Å². The molecule has 0 aliphatic carbocycles. The molecule has 0 unspecified atom stereocenters. The number of ether oxygens (including phenoxy) is 1. The highest BCUT2D eigenvalue weighted by atomic mass is 19.1. The van der Waals surface area contributed by atoms with E-state index >= 15 is 0 Å². The van der Waals surface area contributed by atoms with Crippen LogP contribution in [0.25, 0.3) is 33.3 Å². The summed E-state index contributed by atoms with van der Waals surface area (Å²) in [7, 11) is 0. The summed E-state index contributed by atoms with van der Waals surface area (Å²) in [6.45, 7) is -0.456. The van der Waals surface area contributed by atoms with Crippen molar-refractivity contribution in [1.82, 2.24) is 25.0 Å². The molecule has 3 aromatic heterocycles.